The van der Waals surface area contributed by atoms with E-state index in [1.54, 1.807) is 7.11 Å². The van der Waals surface area contributed by atoms with Crippen molar-refractivity contribution < 1.29 is 4.74 Å². The van der Waals surface area contributed by atoms with Crippen LogP contribution in [0.5, 0.6) is 5.75 Å². The van der Waals surface area contributed by atoms with Crippen LogP contribution in [0.1, 0.15) is 16.8 Å². The van der Waals surface area contributed by atoms with Gasteiger partial charge in [0.25, 0.3) is 0 Å². The number of nitrogens with two attached hydrogens (primary N) is 1. The van der Waals surface area contributed by atoms with Crippen molar-refractivity contribution in [1.82, 2.24) is 10.2 Å². The van der Waals surface area contributed by atoms with Crippen LogP contribution in [0, 0.1) is 13.8 Å². The van der Waals surface area contributed by atoms with E-state index < -0.39 is 0 Å². The van der Waals surface area contributed by atoms with Gasteiger partial charge in [-0.1, -0.05) is 6.07 Å². The number of aryl methyl sites for hydroxylation is 2. The Morgan fingerprint density at radius 3 is 2.53 bits per heavy atom. The second kappa shape index (κ2) is 5.80. The fourth-order valence-electron chi connectivity index (χ4n) is 2.20. The first kappa shape index (κ1) is 13.5. The zero-order valence-electron chi connectivity index (χ0n) is 11.6. The van der Waals surface area contributed by atoms with E-state index in [1.165, 1.54) is 5.56 Å². The number of aromatic nitrogens is 2. The third-order valence-electron chi connectivity index (χ3n) is 3.02. The second-order valence-corrected chi connectivity index (χ2v) is 4.61. The molecule has 19 heavy (non-hydrogen) atoms. The number of ether oxygens (including phenoxy) is 1. The number of rotatable bonds is 4. The maximum Gasteiger partial charge on any atom is 0.131 e. The first-order valence-electron chi connectivity index (χ1n) is 6.34. The maximum absolute atomic E-state index is 5.51. The summed E-state index contributed by atoms with van der Waals surface area (Å²) < 4.78 is 5.48. The molecular formula is C15H19N3O. The highest BCUT2D eigenvalue weighted by atomic mass is 16.5. The van der Waals surface area contributed by atoms with E-state index in [2.05, 4.69) is 29.3 Å². The molecule has 0 radical (unpaired) electrons. The summed E-state index contributed by atoms with van der Waals surface area (Å²) in [6.07, 6.45) is 0.747. The minimum absolute atomic E-state index is 0.584. The van der Waals surface area contributed by atoms with Crippen LogP contribution < -0.4 is 10.5 Å². The molecule has 0 amide bonds. The van der Waals surface area contributed by atoms with E-state index in [0.29, 0.717) is 6.54 Å². The van der Waals surface area contributed by atoms with Crippen molar-refractivity contribution in [2.75, 3.05) is 13.7 Å². The monoisotopic (exact) mass is 257 g/mol. The van der Waals surface area contributed by atoms with Crippen LogP contribution in [0.4, 0.5) is 0 Å². The van der Waals surface area contributed by atoms with Crippen LogP contribution in [0.15, 0.2) is 24.3 Å². The fraction of sp³-hybridized carbons (Fsp3) is 0.333. The van der Waals surface area contributed by atoms with Gasteiger partial charge >= 0.3 is 0 Å². The van der Waals surface area contributed by atoms with Gasteiger partial charge in [0.1, 0.15) is 5.75 Å². The van der Waals surface area contributed by atoms with Crippen LogP contribution in [0.2, 0.25) is 0 Å². The quantitative estimate of drug-likeness (QED) is 0.912. The van der Waals surface area contributed by atoms with Crippen molar-refractivity contribution in [3.63, 3.8) is 0 Å². The lowest BCUT2D eigenvalue weighted by atomic mass is 10.0. The Labute approximate surface area is 113 Å². The van der Waals surface area contributed by atoms with Gasteiger partial charge in [0.2, 0.25) is 0 Å². The molecule has 0 spiro atoms. The summed E-state index contributed by atoms with van der Waals surface area (Å²) in [5.41, 5.74) is 10.5. The van der Waals surface area contributed by atoms with E-state index in [0.717, 1.165) is 34.7 Å². The SMILES string of the molecule is COc1c(C)cc(C)cc1-c1ccc(CCN)nn1. The average molecular weight is 257 g/mol. The molecule has 4 heteroatoms. The number of hydrogen-bond donors (Lipinski definition) is 1. The molecular weight excluding hydrogens is 238 g/mol. The molecule has 2 N–H and O–H groups in total. The van der Waals surface area contributed by atoms with Crippen molar-refractivity contribution in [1.29, 1.82) is 0 Å². The molecule has 0 atom stereocenters. The summed E-state index contributed by atoms with van der Waals surface area (Å²) in [7, 11) is 1.68. The molecule has 0 bridgehead atoms. The molecule has 1 aromatic carbocycles. The van der Waals surface area contributed by atoms with Gasteiger partial charge in [0.15, 0.2) is 0 Å². The lowest BCUT2D eigenvalue weighted by Crippen LogP contribution is -2.05. The molecule has 0 unspecified atom stereocenters. The topological polar surface area (TPSA) is 61.0 Å². The summed E-state index contributed by atoms with van der Waals surface area (Å²) in [6.45, 7) is 4.68. The Kier molecular flexibility index (Phi) is 4.12. The van der Waals surface area contributed by atoms with E-state index >= 15 is 0 Å². The van der Waals surface area contributed by atoms with Crippen molar-refractivity contribution in [2.45, 2.75) is 20.3 Å². The molecule has 2 rings (SSSR count). The standard InChI is InChI=1S/C15H19N3O/c1-10-8-11(2)15(19-3)13(9-10)14-5-4-12(6-7-16)17-18-14/h4-5,8-9H,6-7,16H2,1-3H3. The third kappa shape index (κ3) is 2.90. The van der Waals surface area contributed by atoms with Crippen molar-refractivity contribution >= 4 is 0 Å². The fourth-order valence-corrected chi connectivity index (χ4v) is 2.20. The molecule has 0 fully saturated rings. The lowest BCUT2D eigenvalue weighted by Gasteiger charge is -2.12. The largest absolute Gasteiger partial charge is 0.496 e. The first-order chi connectivity index (χ1) is 9.15. The van der Waals surface area contributed by atoms with Gasteiger partial charge in [-0.05, 0) is 49.7 Å². The lowest BCUT2D eigenvalue weighted by molar-refractivity contribution is 0.413. The predicted molar refractivity (Wildman–Crippen MR) is 76.3 cm³/mol. The summed E-state index contributed by atoms with van der Waals surface area (Å²) >= 11 is 0. The van der Waals surface area contributed by atoms with Gasteiger partial charge < -0.3 is 10.5 Å². The molecule has 100 valence electrons. The zero-order chi connectivity index (χ0) is 13.8. The Bertz CT molecular complexity index is 564. The molecule has 0 aliphatic carbocycles. The van der Waals surface area contributed by atoms with Crippen LogP contribution in [0.3, 0.4) is 0 Å². The number of benzene rings is 1. The Morgan fingerprint density at radius 2 is 1.95 bits per heavy atom. The van der Waals surface area contributed by atoms with Gasteiger partial charge in [-0.3, -0.25) is 0 Å². The highest BCUT2D eigenvalue weighted by Crippen LogP contribution is 2.32. The molecule has 0 aliphatic rings. The van der Waals surface area contributed by atoms with E-state index in [1.807, 2.05) is 19.1 Å². The van der Waals surface area contributed by atoms with Crippen LogP contribution >= 0.6 is 0 Å². The molecule has 0 saturated heterocycles. The van der Waals surface area contributed by atoms with E-state index in [-0.39, 0.29) is 0 Å². The highest BCUT2D eigenvalue weighted by molar-refractivity contribution is 5.69. The average Bonchev–Trinajstić information content (AvgIpc) is 2.39. The minimum atomic E-state index is 0.584. The van der Waals surface area contributed by atoms with Crippen molar-refractivity contribution in [3.05, 3.63) is 41.1 Å². The highest BCUT2D eigenvalue weighted by Gasteiger charge is 2.11. The van der Waals surface area contributed by atoms with Crippen LogP contribution in [-0.2, 0) is 6.42 Å². The number of hydrogen-bond acceptors (Lipinski definition) is 4. The first-order valence-corrected chi connectivity index (χ1v) is 6.34. The minimum Gasteiger partial charge on any atom is -0.496 e. The molecule has 1 heterocycles. The molecule has 0 aliphatic heterocycles. The van der Waals surface area contributed by atoms with Crippen molar-refractivity contribution in [2.24, 2.45) is 5.73 Å². The normalized spacial score (nSPS) is 10.5. The van der Waals surface area contributed by atoms with Gasteiger partial charge in [-0.2, -0.15) is 10.2 Å². The smallest absolute Gasteiger partial charge is 0.131 e. The summed E-state index contributed by atoms with van der Waals surface area (Å²) in [5, 5.41) is 8.47. The number of nitrogens with zero attached hydrogens (tertiary/aromatic N) is 2. The summed E-state index contributed by atoms with van der Waals surface area (Å²) in [6, 6.07) is 8.10. The van der Waals surface area contributed by atoms with Gasteiger partial charge in [-0.25, -0.2) is 0 Å². The maximum atomic E-state index is 5.51. The Balaban J connectivity index is 2.45. The summed E-state index contributed by atoms with van der Waals surface area (Å²) in [5.74, 6) is 0.853. The van der Waals surface area contributed by atoms with Gasteiger partial charge in [0, 0.05) is 12.0 Å². The molecule has 1 aromatic heterocycles. The van der Waals surface area contributed by atoms with E-state index in [4.69, 9.17) is 10.5 Å². The van der Waals surface area contributed by atoms with Gasteiger partial charge in [-0.15, -0.1) is 0 Å². The Morgan fingerprint density at radius 1 is 1.16 bits per heavy atom. The van der Waals surface area contributed by atoms with E-state index in [9.17, 15) is 0 Å². The van der Waals surface area contributed by atoms with Crippen LogP contribution in [-0.4, -0.2) is 23.9 Å². The second-order valence-electron chi connectivity index (χ2n) is 4.61. The molecule has 0 saturated carbocycles. The molecule has 4 nitrogen and oxygen atoms in total. The Hall–Kier alpha value is -1.94. The predicted octanol–water partition coefficient (Wildman–Crippen LogP) is 2.27. The third-order valence-corrected chi connectivity index (χ3v) is 3.02. The van der Waals surface area contributed by atoms with Crippen LogP contribution in [0.25, 0.3) is 11.3 Å². The van der Waals surface area contributed by atoms with Gasteiger partial charge in [0.05, 0.1) is 18.5 Å². The molecule has 2 aromatic rings. The van der Waals surface area contributed by atoms with Crippen molar-refractivity contribution in [3.8, 4) is 17.0 Å². The number of methoxy groups -OCH3 is 1. The zero-order valence-corrected chi connectivity index (χ0v) is 11.6. The summed E-state index contributed by atoms with van der Waals surface area (Å²) in [4.78, 5) is 0.